The maximum atomic E-state index is 2.46. The summed E-state index contributed by atoms with van der Waals surface area (Å²) in [5, 5.41) is 5.00. The molecule has 0 amide bonds. The molecule has 0 saturated carbocycles. The molecule has 11 aromatic rings. The molecule has 1 aliphatic rings. The molecule has 1 aliphatic carbocycles. The van der Waals surface area contributed by atoms with Crippen molar-refractivity contribution in [1.82, 2.24) is 4.57 Å². The van der Waals surface area contributed by atoms with Crippen LogP contribution in [0.3, 0.4) is 0 Å². The molecule has 0 unspecified atom stereocenters. The van der Waals surface area contributed by atoms with Crippen molar-refractivity contribution in [2.75, 3.05) is 4.90 Å². The molecule has 0 N–H and O–H groups in total. The largest absolute Gasteiger partial charge is 0.310 e. The summed E-state index contributed by atoms with van der Waals surface area (Å²) in [4.78, 5) is 2.46. The normalized spacial score (nSPS) is 12.5. The first-order chi connectivity index (χ1) is 32.7. The lowest BCUT2D eigenvalue weighted by atomic mass is 9.92. The van der Waals surface area contributed by atoms with Gasteiger partial charge in [-0.15, -0.1) is 0 Å². The number of anilines is 3. The van der Waals surface area contributed by atoms with Gasteiger partial charge in [0.2, 0.25) is 0 Å². The van der Waals surface area contributed by atoms with E-state index in [0.717, 1.165) is 35.6 Å². The minimum absolute atomic E-state index is 1.00. The van der Waals surface area contributed by atoms with Crippen molar-refractivity contribution >= 4 is 55.2 Å². The van der Waals surface area contributed by atoms with Crippen LogP contribution in [0, 0.1) is 0 Å². The topological polar surface area (TPSA) is 8.17 Å². The Morgan fingerprint density at radius 3 is 1.62 bits per heavy atom. The van der Waals surface area contributed by atoms with Crippen molar-refractivity contribution in [3.8, 4) is 50.2 Å². The molecule has 2 nitrogen and oxygen atoms in total. The van der Waals surface area contributed by atoms with E-state index in [9.17, 15) is 0 Å². The lowest BCUT2D eigenvalue weighted by Crippen LogP contribution is -2.12. The Bertz CT molecular complexity index is 3570. The molecule has 0 spiro atoms. The molecule has 0 saturated heterocycles. The van der Waals surface area contributed by atoms with Gasteiger partial charge in [-0.25, -0.2) is 0 Å². The number of para-hydroxylation sites is 3. The van der Waals surface area contributed by atoms with Crippen molar-refractivity contribution in [3.05, 3.63) is 260 Å². The van der Waals surface area contributed by atoms with Gasteiger partial charge in [-0.3, -0.25) is 0 Å². The first-order valence-corrected chi connectivity index (χ1v) is 23.0. The maximum Gasteiger partial charge on any atom is 0.0541 e. The van der Waals surface area contributed by atoms with E-state index in [2.05, 4.69) is 264 Å². The number of hydrogen-bond donors (Lipinski definition) is 0. The summed E-state index contributed by atoms with van der Waals surface area (Å²) >= 11 is 0. The highest BCUT2D eigenvalue weighted by Crippen LogP contribution is 2.45. The van der Waals surface area contributed by atoms with Gasteiger partial charge in [0.15, 0.2) is 0 Å². The Labute approximate surface area is 386 Å². The summed E-state index contributed by atoms with van der Waals surface area (Å²) < 4.78 is 2.44. The zero-order chi connectivity index (χ0) is 43.8. The van der Waals surface area contributed by atoms with E-state index in [0.29, 0.717) is 0 Å². The van der Waals surface area contributed by atoms with Crippen molar-refractivity contribution in [3.63, 3.8) is 0 Å². The average Bonchev–Trinajstić information content (AvgIpc) is 3.74. The van der Waals surface area contributed by atoms with Crippen molar-refractivity contribution < 1.29 is 0 Å². The number of nitrogens with zero attached hydrogens (tertiary/aromatic N) is 2. The van der Waals surface area contributed by atoms with E-state index in [1.165, 1.54) is 88.2 Å². The van der Waals surface area contributed by atoms with Crippen LogP contribution in [0.5, 0.6) is 0 Å². The Morgan fingerprint density at radius 1 is 0.348 bits per heavy atom. The van der Waals surface area contributed by atoms with E-state index in [4.69, 9.17) is 0 Å². The maximum absolute atomic E-state index is 2.46. The van der Waals surface area contributed by atoms with Gasteiger partial charge in [0.25, 0.3) is 0 Å². The molecule has 0 radical (unpaired) electrons. The molecule has 12 rings (SSSR count). The van der Waals surface area contributed by atoms with E-state index < -0.39 is 0 Å². The summed E-state index contributed by atoms with van der Waals surface area (Å²) in [6.07, 6.45) is 9.09. The summed E-state index contributed by atoms with van der Waals surface area (Å²) in [7, 11) is 0. The number of hydrogen-bond acceptors (Lipinski definition) is 1. The molecule has 2 heteroatoms. The van der Waals surface area contributed by atoms with E-state index >= 15 is 0 Å². The fourth-order valence-electron chi connectivity index (χ4n) is 10.0. The fraction of sp³-hybridized carbons (Fsp3) is 0.0312. The Kier molecular flexibility index (Phi) is 10.0. The average molecular weight is 843 g/mol. The number of allylic oxidation sites excluding steroid dienone is 4. The lowest BCUT2D eigenvalue weighted by Gasteiger charge is -2.29. The monoisotopic (exact) mass is 842 g/mol. The van der Waals surface area contributed by atoms with Crippen LogP contribution >= 0.6 is 0 Å². The standard InChI is InChI=1S/C64H46N2/c1-3-17-45(18-4-1)46-33-35-47(36-34-46)48-37-40-53(41-38-48)65(54-24-15-23-51(43-54)56-29-16-22-49-21-7-8-25-55(49)56)64-42-39-52(44-60(64)50-19-5-2-6-20-50)57-26-9-12-30-61(57)66-62-31-13-10-27-58(62)59-28-11-14-32-63(59)66/h1,3-5,7-44H,2,6H2. The molecular weight excluding hydrogens is 797 g/mol. The quantitative estimate of drug-likeness (QED) is 0.141. The van der Waals surface area contributed by atoms with Gasteiger partial charge in [-0.2, -0.15) is 0 Å². The smallest absolute Gasteiger partial charge is 0.0541 e. The first-order valence-electron chi connectivity index (χ1n) is 23.0. The Morgan fingerprint density at radius 2 is 0.894 bits per heavy atom. The second kappa shape index (κ2) is 16.9. The molecule has 312 valence electrons. The van der Waals surface area contributed by atoms with Crippen LogP contribution in [0.1, 0.15) is 18.4 Å². The molecule has 0 atom stereocenters. The van der Waals surface area contributed by atoms with Gasteiger partial charge in [-0.1, -0.05) is 200 Å². The lowest BCUT2D eigenvalue weighted by molar-refractivity contribution is 1.04. The second-order valence-electron chi connectivity index (χ2n) is 17.2. The number of aromatic nitrogens is 1. The zero-order valence-corrected chi connectivity index (χ0v) is 36.6. The predicted molar refractivity (Wildman–Crippen MR) is 281 cm³/mol. The van der Waals surface area contributed by atoms with Crippen LogP contribution in [0.4, 0.5) is 17.1 Å². The van der Waals surface area contributed by atoms with E-state index in [-0.39, 0.29) is 0 Å². The number of benzene rings is 10. The number of rotatable bonds is 9. The van der Waals surface area contributed by atoms with Crippen LogP contribution in [-0.4, -0.2) is 4.57 Å². The van der Waals surface area contributed by atoms with Crippen molar-refractivity contribution in [2.45, 2.75) is 12.8 Å². The van der Waals surface area contributed by atoms with Gasteiger partial charge in [0, 0.05) is 33.3 Å². The molecule has 1 aromatic heterocycles. The highest BCUT2D eigenvalue weighted by atomic mass is 15.1. The second-order valence-corrected chi connectivity index (χ2v) is 17.2. The molecule has 10 aromatic carbocycles. The van der Waals surface area contributed by atoms with Crippen LogP contribution < -0.4 is 4.90 Å². The first kappa shape index (κ1) is 39.2. The molecular formula is C64H46N2. The van der Waals surface area contributed by atoms with Gasteiger partial charge in [0.1, 0.15) is 0 Å². The van der Waals surface area contributed by atoms with Gasteiger partial charge in [0.05, 0.1) is 22.4 Å². The summed E-state index contributed by atoms with van der Waals surface area (Å²) in [6, 6.07) is 86.5. The third kappa shape index (κ3) is 7.10. The summed E-state index contributed by atoms with van der Waals surface area (Å²) in [5.41, 5.74) is 18.9. The molecule has 0 bridgehead atoms. The predicted octanol–water partition coefficient (Wildman–Crippen LogP) is 17.8. The molecule has 66 heavy (non-hydrogen) atoms. The molecule has 0 fully saturated rings. The van der Waals surface area contributed by atoms with Gasteiger partial charge >= 0.3 is 0 Å². The van der Waals surface area contributed by atoms with Gasteiger partial charge < -0.3 is 9.47 Å². The summed E-state index contributed by atoms with van der Waals surface area (Å²) in [5.74, 6) is 0. The Hall–Kier alpha value is -8.46. The SMILES string of the molecule is C1=CC(c2cc(-c3ccccc3-n3c4ccccc4c4ccccc43)ccc2N(c2ccc(-c3ccc(-c4ccccc4)cc3)cc2)c2cccc(-c3cccc4ccccc34)c2)=CCC1. The van der Waals surface area contributed by atoms with Crippen LogP contribution in [0.2, 0.25) is 0 Å². The van der Waals surface area contributed by atoms with Crippen LogP contribution in [0.15, 0.2) is 255 Å². The minimum Gasteiger partial charge on any atom is -0.310 e. The Balaban J connectivity index is 1.03. The molecule has 0 aliphatic heterocycles. The fourth-order valence-corrected chi connectivity index (χ4v) is 10.0. The highest BCUT2D eigenvalue weighted by molar-refractivity contribution is 6.10. The van der Waals surface area contributed by atoms with Crippen LogP contribution in [-0.2, 0) is 0 Å². The van der Waals surface area contributed by atoms with Gasteiger partial charge in [-0.05, 0) is 123 Å². The van der Waals surface area contributed by atoms with Crippen LogP contribution in [0.25, 0.3) is 88.3 Å². The third-order valence-corrected chi connectivity index (χ3v) is 13.2. The highest BCUT2D eigenvalue weighted by Gasteiger charge is 2.22. The van der Waals surface area contributed by atoms with Crippen molar-refractivity contribution in [1.29, 1.82) is 0 Å². The van der Waals surface area contributed by atoms with E-state index in [1.807, 2.05) is 0 Å². The number of fused-ring (bicyclic) bond motifs is 4. The summed E-state index contributed by atoms with van der Waals surface area (Å²) in [6.45, 7) is 0. The van der Waals surface area contributed by atoms with E-state index in [1.54, 1.807) is 0 Å². The molecule has 1 heterocycles. The van der Waals surface area contributed by atoms with Crippen molar-refractivity contribution in [2.24, 2.45) is 0 Å². The minimum atomic E-state index is 1.00. The zero-order valence-electron chi connectivity index (χ0n) is 36.6. The third-order valence-electron chi connectivity index (χ3n) is 13.2.